The average molecular weight is 268 g/mol. The van der Waals surface area contributed by atoms with Crippen LogP contribution >= 0.6 is 11.3 Å². The summed E-state index contributed by atoms with van der Waals surface area (Å²) in [4.78, 5) is 15.0. The van der Waals surface area contributed by atoms with Crippen LogP contribution in [0.5, 0.6) is 0 Å². The average Bonchev–Trinajstić information content (AvgIpc) is 2.81. The second-order valence-electron chi connectivity index (χ2n) is 4.88. The first-order valence-electron chi connectivity index (χ1n) is 6.41. The molecule has 5 heteroatoms. The second-order valence-corrected chi connectivity index (χ2v) is 5.91. The third-order valence-corrected chi connectivity index (χ3v) is 4.04. The van der Waals surface area contributed by atoms with Gasteiger partial charge in [0.1, 0.15) is 0 Å². The molecule has 1 fully saturated rings. The smallest absolute Gasteiger partial charge is 0.317 e. The first-order chi connectivity index (χ1) is 8.65. The van der Waals surface area contributed by atoms with E-state index in [4.69, 9.17) is 0 Å². The lowest BCUT2D eigenvalue weighted by atomic mass is 10.1. The van der Waals surface area contributed by atoms with E-state index in [2.05, 4.69) is 11.4 Å². The zero-order valence-electron chi connectivity index (χ0n) is 10.6. The minimum atomic E-state index is -0.364. The lowest BCUT2D eigenvalue weighted by Crippen LogP contribution is -2.49. The standard InChI is InChI=1S/C13H20N2O2S/c1-10(8-12-5-3-7-18-12)14-13(17)15-6-2-4-11(16)9-15/h3,5,7,10-11,16H,2,4,6,8-9H2,1H3,(H,14,17). The van der Waals surface area contributed by atoms with Crippen molar-refractivity contribution in [3.63, 3.8) is 0 Å². The van der Waals surface area contributed by atoms with E-state index in [1.165, 1.54) is 4.88 Å². The molecule has 1 aromatic heterocycles. The second kappa shape index (κ2) is 6.20. The molecule has 2 heterocycles. The van der Waals surface area contributed by atoms with Crippen molar-refractivity contribution < 1.29 is 9.90 Å². The summed E-state index contributed by atoms with van der Waals surface area (Å²) >= 11 is 1.71. The quantitative estimate of drug-likeness (QED) is 0.879. The van der Waals surface area contributed by atoms with Crippen molar-refractivity contribution in [1.82, 2.24) is 10.2 Å². The topological polar surface area (TPSA) is 52.6 Å². The van der Waals surface area contributed by atoms with E-state index in [0.717, 1.165) is 25.8 Å². The molecule has 2 rings (SSSR count). The van der Waals surface area contributed by atoms with Crippen LogP contribution in [0.2, 0.25) is 0 Å². The van der Waals surface area contributed by atoms with E-state index >= 15 is 0 Å². The third-order valence-electron chi connectivity index (χ3n) is 3.14. The van der Waals surface area contributed by atoms with Crippen LogP contribution in [0.25, 0.3) is 0 Å². The Balaban J connectivity index is 1.79. The zero-order valence-corrected chi connectivity index (χ0v) is 11.4. The molecule has 0 radical (unpaired) electrons. The number of β-amino-alcohol motifs (C(OH)–C–C–N with tert-alkyl or cyclic N) is 1. The van der Waals surface area contributed by atoms with E-state index in [9.17, 15) is 9.90 Å². The van der Waals surface area contributed by atoms with Crippen LogP contribution in [0.1, 0.15) is 24.6 Å². The number of aliphatic hydroxyl groups is 1. The predicted octanol–water partition coefficient (Wildman–Crippen LogP) is 1.85. The molecule has 0 aliphatic carbocycles. The lowest BCUT2D eigenvalue weighted by Gasteiger charge is -2.31. The number of nitrogens with zero attached hydrogens (tertiary/aromatic N) is 1. The number of urea groups is 1. The molecule has 0 saturated carbocycles. The van der Waals surface area contributed by atoms with Gasteiger partial charge in [0.15, 0.2) is 0 Å². The number of hydrogen-bond acceptors (Lipinski definition) is 3. The van der Waals surface area contributed by atoms with E-state index in [-0.39, 0.29) is 18.2 Å². The first kappa shape index (κ1) is 13.4. The maximum absolute atomic E-state index is 12.0. The summed E-state index contributed by atoms with van der Waals surface area (Å²) < 4.78 is 0. The van der Waals surface area contributed by atoms with Crippen molar-refractivity contribution in [2.75, 3.05) is 13.1 Å². The zero-order chi connectivity index (χ0) is 13.0. The normalized spacial score (nSPS) is 21.7. The van der Waals surface area contributed by atoms with Gasteiger partial charge in [-0.3, -0.25) is 0 Å². The van der Waals surface area contributed by atoms with Gasteiger partial charge in [-0.15, -0.1) is 11.3 Å². The molecule has 1 aromatic rings. The monoisotopic (exact) mass is 268 g/mol. The Morgan fingerprint density at radius 1 is 1.72 bits per heavy atom. The van der Waals surface area contributed by atoms with Gasteiger partial charge in [0, 0.05) is 30.4 Å². The molecule has 2 amide bonds. The number of carbonyl (C=O) groups is 1. The van der Waals surface area contributed by atoms with Crippen LogP contribution in [0.15, 0.2) is 17.5 Å². The van der Waals surface area contributed by atoms with E-state index in [1.54, 1.807) is 16.2 Å². The molecule has 0 bridgehead atoms. The van der Waals surface area contributed by atoms with Gasteiger partial charge in [0.25, 0.3) is 0 Å². The van der Waals surface area contributed by atoms with Crippen LogP contribution < -0.4 is 5.32 Å². The van der Waals surface area contributed by atoms with Crippen molar-refractivity contribution in [2.45, 2.75) is 38.3 Å². The predicted molar refractivity (Wildman–Crippen MR) is 72.8 cm³/mol. The van der Waals surface area contributed by atoms with Gasteiger partial charge in [-0.1, -0.05) is 6.07 Å². The molecule has 1 saturated heterocycles. The van der Waals surface area contributed by atoms with Crippen LogP contribution in [-0.2, 0) is 6.42 Å². The Hall–Kier alpha value is -1.07. The molecule has 2 atom stereocenters. The molecule has 1 aliphatic heterocycles. The molecular weight excluding hydrogens is 248 g/mol. The minimum absolute atomic E-state index is 0.0576. The van der Waals surface area contributed by atoms with E-state index in [0.29, 0.717) is 6.54 Å². The Kier molecular flexibility index (Phi) is 4.60. The molecule has 0 spiro atoms. The van der Waals surface area contributed by atoms with E-state index < -0.39 is 0 Å². The Morgan fingerprint density at radius 2 is 2.56 bits per heavy atom. The maximum atomic E-state index is 12.0. The van der Waals surface area contributed by atoms with Gasteiger partial charge in [-0.2, -0.15) is 0 Å². The highest BCUT2D eigenvalue weighted by atomic mass is 32.1. The number of aliphatic hydroxyl groups excluding tert-OH is 1. The summed E-state index contributed by atoms with van der Waals surface area (Å²) in [5.74, 6) is 0. The molecular formula is C13H20N2O2S. The van der Waals surface area contributed by atoms with Crippen molar-refractivity contribution in [2.24, 2.45) is 0 Å². The third kappa shape index (κ3) is 3.71. The number of likely N-dealkylation sites (tertiary alicyclic amines) is 1. The highest BCUT2D eigenvalue weighted by Gasteiger charge is 2.22. The molecule has 18 heavy (non-hydrogen) atoms. The fraction of sp³-hybridized carbons (Fsp3) is 0.615. The van der Waals surface area contributed by atoms with Crippen molar-refractivity contribution in [3.8, 4) is 0 Å². The highest BCUT2D eigenvalue weighted by Crippen LogP contribution is 2.12. The maximum Gasteiger partial charge on any atom is 0.317 e. The molecule has 1 aliphatic rings. The summed E-state index contributed by atoms with van der Waals surface area (Å²) in [7, 11) is 0. The van der Waals surface area contributed by atoms with Crippen LogP contribution in [-0.4, -0.2) is 41.3 Å². The number of amides is 2. The van der Waals surface area contributed by atoms with Crippen LogP contribution in [0.4, 0.5) is 4.79 Å². The summed E-state index contributed by atoms with van der Waals surface area (Å²) in [5, 5.41) is 14.6. The van der Waals surface area contributed by atoms with Crippen molar-refractivity contribution in [3.05, 3.63) is 22.4 Å². The fourth-order valence-electron chi connectivity index (χ4n) is 2.22. The van der Waals surface area contributed by atoms with Crippen molar-refractivity contribution in [1.29, 1.82) is 0 Å². The van der Waals surface area contributed by atoms with Gasteiger partial charge in [0.05, 0.1) is 6.10 Å². The highest BCUT2D eigenvalue weighted by molar-refractivity contribution is 7.09. The molecule has 2 unspecified atom stereocenters. The number of hydrogen-bond donors (Lipinski definition) is 2. The first-order valence-corrected chi connectivity index (χ1v) is 7.29. The summed E-state index contributed by atoms with van der Waals surface area (Å²) in [6.07, 6.45) is 2.18. The van der Waals surface area contributed by atoms with Crippen molar-refractivity contribution >= 4 is 17.4 Å². The molecule has 2 N–H and O–H groups in total. The Labute approximate surface area is 112 Å². The van der Waals surface area contributed by atoms with Gasteiger partial charge >= 0.3 is 6.03 Å². The Morgan fingerprint density at radius 3 is 3.22 bits per heavy atom. The molecule has 4 nitrogen and oxygen atoms in total. The minimum Gasteiger partial charge on any atom is -0.391 e. The van der Waals surface area contributed by atoms with Crippen LogP contribution in [0, 0.1) is 0 Å². The summed E-state index contributed by atoms with van der Waals surface area (Å²) in [6, 6.07) is 4.17. The lowest BCUT2D eigenvalue weighted by molar-refractivity contribution is 0.0835. The number of nitrogens with one attached hydrogen (secondary N) is 1. The van der Waals surface area contributed by atoms with Gasteiger partial charge in [-0.05, 0) is 31.2 Å². The number of rotatable bonds is 3. The van der Waals surface area contributed by atoms with Gasteiger partial charge < -0.3 is 15.3 Å². The SMILES string of the molecule is CC(Cc1cccs1)NC(=O)N1CCCC(O)C1. The number of piperidine rings is 1. The van der Waals surface area contributed by atoms with Crippen LogP contribution in [0.3, 0.4) is 0 Å². The molecule has 100 valence electrons. The van der Waals surface area contributed by atoms with Gasteiger partial charge in [-0.25, -0.2) is 4.79 Å². The Bertz CT molecular complexity index is 380. The fourth-order valence-corrected chi connectivity index (χ4v) is 3.06. The van der Waals surface area contributed by atoms with Gasteiger partial charge in [0.2, 0.25) is 0 Å². The summed E-state index contributed by atoms with van der Waals surface area (Å²) in [5.41, 5.74) is 0. The summed E-state index contributed by atoms with van der Waals surface area (Å²) in [6.45, 7) is 3.21. The number of thiophene rings is 1. The van der Waals surface area contributed by atoms with E-state index in [1.807, 2.05) is 18.4 Å². The largest absolute Gasteiger partial charge is 0.391 e. The number of carbonyl (C=O) groups excluding carboxylic acids is 1. The molecule has 0 aromatic carbocycles.